The second-order valence-electron chi connectivity index (χ2n) is 8.01. The van der Waals surface area contributed by atoms with Gasteiger partial charge in [0.15, 0.2) is 0 Å². The van der Waals surface area contributed by atoms with Gasteiger partial charge in [-0.25, -0.2) is 0 Å². The van der Waals surface area contributed by atoms with Crippen LogP contribution in [-0.2, 0) is 4.79 Å². The van der Waals surface area contributed by atoms with Gasteiger partial charge in [-0.3, -0.25) is 14.4 Å². The Hall–Kier alpha value is -2.23. The predicted molar refractivity (Wildman–Crippen MR) is 123 cm³/mol. The minimum Gasteiger partial charge on any atom is -0.393 e. The molecule has 0 bridgehead atoms. The highest BCUT2D eigenvalue weighted by Gasteiger charge is 2.32. The first-order valence-electron chi connectivity index (χ1n) is 10.3. The fourth-order valence-electron chi connectivity index (χ4n) is 4.04. The number of aliphatic hydroxyl groups is 1. The van der Waals surface area contributed by atoms with E-state index in [2.05, 4.69) is 21.2 Å². The predicted octanol–water partition coefficient (Wildman–Crippen LogP) is 2.95. The molecule has 3 amide bonds. The second-order valence-corrected chi connectivity index (χ2v) is 10.5. The maximum absolute atomic E-state index is 12.8. The number of anilines is 1. The number of piperidine rings is 1. The van der Waals surface area contributed by atoms with Crippen molar-refractivity contribution in [3.05, 3.63) is 50.1 Å². The van der Waals surface area contributed by atoms with E-state index < -0.39 is 0 Å². The van der Waals surface area contributed by atoms with E-state index in [1.165, 1.54) is 11.3 Å². The summed E-state index contributed by atoms with van der Waals surface area (Å²) in [6.07, 6.45) is 1.11. The molecule has 7 nitrogen and oxygen atoms in total. The second kappa shape index (κ2) is 9.10. The van der Waals surface area contributed by atoms with Crippen molar-refractivity contribution in [2.75, 3.05) is 24.5 Å². The molecule has 0 saturated carbocycles. The van der Waals surface area contributed by atoms with E-state index in [0.29, 0.717) is 42.9 Å². The van der Waals surface area contributed by atoms with Gasteiger partial charge in [0.05, 0.1) is 20.8 Å². The molecule has 0 aliphatic carbocycles. The van der Waals surface area contributed by atoms with Crippen LogP contribution in [0.25, 0.3) is 0 Å². The number of amides is 3. The van der Waals surface area contributed by atoms with E-state index in [1.807, 2.05) is 19.1 Å². The van der Waals surface area contributed by atoms with E-state index in [-0.39, 0.29) is 36.3 Å². The molecule has 2 aliphatic heterocycles. The molecule has 3 heterocycles. The molecule has 0 spiro atoms. The number of hydrogen-bond donors (Lipinski definition) is 2. The van der Waals surface area contributed by atoms with Crippen LogP contribution >= 0.6 is 27.3 Å². The quantitative estimate of drug-likeness (QED) is 0.668. The molecule has 31 heavy (non-hydrogen) atoms. The highest BCUT2D eigenvalue weighted by atomic mass is 79.9. The summed E-state index contributed by atoms with van der Waals surface area (Å²) in [6, 6.07) is 8.72. The number of rotatable bonds is 4. The number of halogens is 1. The third-order valence-corrected chi connectivity index (χ3v) is 7.38. The lowest BCUT2D eigenvalue weighted by atomic mass is 10.0. The van der Waals surface area contributed by atoms with Crippen molar-refractivity contribution in [3.63, 3.8) is 0 Å². The Labute approximate surface area is 193 Å². The summed E-state index contributed by atoms with van der Waals surface area (Å²) in [5.74, 6) is -0.281. The summed E-state index contributed by atoms with van der Waals surface area (Å²) in [6.45, 7) is 3.36. The fourth-order valence-corrected chi connectivity index (χ4v) is 5.33. The first-order chi connectivity index (χ1) is 14.8. The third kappa shape index (κ3) is 4.83. The van der Waals surface area contributed by atoms with Crippen molar-refractivity contribution in [3.8, 4) is 0 Å². The minimum atomic E-state index is -0.330. The molecule has 1 aromatic carbocycles. The normalized spacial score (nSPS) is 19.7. The molecular formula is C22H24BrN3O4S. The molecule has 164 valence electrons. The van der Waals surface area contributed by atoms with Gasteiger partial charge in [-0.15, -0.1) is 11.3 Å². The largest absolute Gasteiger partial charge is 0.393 e. The Kier molecular flexibility index (Phi) is 6.45. The number of carbonyl (C=O) groups excluding carboxylic acids is 3. The Balaban J connectivity index is 1.42. The molecule has 2 N–H and O–H groups in total. The highest BCUT2D eigenvalue weighted by molar-refractivity contribution is 9.11. The minimum absolute atomic E-state index is 0.0454. The third-order valence-electron chi connectivity index (χ3n) is 5.76. The number of carbonyl (C=O) groups is 3. The summed E-state index contributed by atoms with van der Waals surface area (Å²) in [5.41, 5.74) is 2.14. The molecule has 1 atom stereocenters. The van der Waals surface area contributed by atoms with Gasteiger partial charge < -0.3 is 20.2 Å². The lowest BCUT2D eigenvalue weighted by Gasteiger charge is -2.30. The fraction of sp³-hybridized carbons (Fsp3) is 0.409. The van der Waals surface area contributed by atoms with Crippen LogP contribution in [0.2, 0.25) is 0 Å². The SMILES string of the molecule is Cc1cc(N2CC(NC(=O)c3ccc(Br)s3)CC2=O)ccc1C(=O)N1CCC(O)CC1. The first-order valence-corrected chi connectivity index (χ1v) is 11.9. The van der Waals surface area contributed by atoms with E-state index in [4.69, 9.17) is 0 Å². The van der Waals surface area contributed by atoms with Gasteiger partial charge in [-0.05, 0) is 71.6 Å². The van der Waals surface area contributed by atoms with Gasteiger partial charge in [0.1, 0.15) is 0 Å². The Morgan fingerprint density at radius 2 is 1.94 bits per heavy atom. The van der Waals surface area contributed by atoms with E-state index >= 15 is 0 Å². The van der Waals surface area contributed by atoms with Crippen molar-refractivity contribution in [1.29, 1.82) is 0 Å². The molecule has 0 radical (unpaired) electrons. The monoisotopic (exact) mass is 505 g/mol. The zero-order valence-electron chi connectivity index (χ0n) is 17.1. The van der Waals surface area contributed by atoms with Crippen molar-refractivity contribution in [2.45, 2.75) is 38.3 Å². The Bertz CT molecular complexity index is 1020. The van der Waals surface area contributed by atoms with Crippen molar-refractivity contribution in [2.24, 2.45) is 0 Å². The average Bonchev–Trinajstić information content (AvgIpc) is 3.33. The van der Waals surface area contributed by atoms with Crippen molar-refractivity contribution >= 4 is 50.7 Å². The van der Waals surface area contributed by atoms with Crippen LogP contribution in [0.15, 0.2) is 34.1 Å². The number of nitrogens with one attached hydrogen (secondary N) is 1. The molecule has 9 heteroatoms. The molecule has 2 fully saturated rings. The van der Waals surface area contributed by atoms with Gasteiger partial charge in [-0.1, -0.05) is 0 Å². The molecule has 1 aromatic heterocycles. The molecule has 2 aliphatic rings. The summed E-state index contributed by atoms with van der Waals surface area (Å²) in [7, 11) is 0. The number of hydrogen-bond acceptors (Lipinski definition) is 5. The van der Waals surface area contributed by atoms with Crippen LogP contribution in [0, 0.1) is 6.92 Å². The first kappa shape index (κ1) is 22.0. The summed E-state index contributed by atoms with van der Waals surface area (Å²) in [4.78, 5) is 41.9. The lowest BCUT2D eigenvalue weighted by molar-refractivity contribution is -0.117. The summed E-state index contributed by atoms with van der Waals surface area (Å²) >= 11 is 4.70. The topological polar surface area (TPSA) is 90.0 Å². The number of thiophene rings is 1. The number of likely N-dealkylation sites (tertiary alicyclic amines) is 1. The zero-order valence-corrected chi connectivity index (χ0v) is 19.5. The van der Waals surface area contributed by atoms with E-state index in [1.54, 1.807) is 28.0 Å². The summed E-state index contributed by atoms with van der Waals surface area (Å²) < 4.78 is 0.882. The van der Waals surface area contributed by atoms with Gasteiger partial charge >= 0.3 is 0 Å². The van der Waals surface area contributed by atoms with Crippen LogP contribution < -0.4 is 10.2 Å². The van der Waals surface area contributed by atoms with Crippen LogP contribution in [0.1, 0.15) is 44.9 Å². The lowest BCUT2D eigenvalue weighted by Crippen LogP contribution is -2.40. The van der Waals surface area contributed by atoms with Gasteiger partial charge in [0.25, 0.3) is 11.8 Å². The molecule has 2 saturated heterocycles. The Morgan fingerprint density at radius 1 is 1.19 bits per heavy atom. The maximum Gasteiger partial charge on any atom is 0.261 e. The highest BCUT2D eigenvalue weighted by Crippen LogP contribution is 2.27. The van der Waals surface area contributed by atoms with Gasteiger partial charge in [0.2, 0.25) is 5.91 Å². The smallest absolute Gasteiger partial charge is 0.261 e. The van der Waals surface area contributed by atoms with Crippen LogP contribution in [-0.4, -0.2) is 59.5 Å². The standard InChI is InChI=1S/C22H24BrN3O4S/c1-13-10-15(2-3-17(13)22(30)25-8-6-16(27)7-9-25)26-12-14(11-20(26)28)24-21(29)18-4-5-19(23)31-18/h2-5,10,14,16,27H,6-9,11-12H2,1H3,(H,24,29). The molecular weight excluding hydrogens is 482 g/mol. The van der Waals surface area contributed by atoms with Crippen molar-refractivity contribution in [1.82, 2.24) is 10.2 Å². The zero-order chi connectivity index (χ0) is 22.1. The molecule has 1 unspecified atom stereocenters. The van der Waals surface area contributed by atoms with Gasteiger partial charge in [0, 0.05) is 37.3 Å². The number of nitrogens with zero attached hydrogens (tertiary/aromatic N) is 2. The van der Waals surface area contributed by atoms with E-state index in [0.717, 1.165) is 15.0 Å². The molecule has 2 aromatic rings. The van der Waals surface area contributed by atoms with Crippen LogP contribution in [0.3, 0.4) is 0 Å². The van der Waals surface area contributed by atoms with Gasteiger partial charge in [-0.2, -0.15) is 0 Å². The maximum atomic E-state index is 12.8. The summed E-state index contributed by atoms with van der Waals surface area (Å²) in [5, 5.41) is 12.6. The number of benzene rings is 1. The van der Waals surface area contributed by atoms with Crippen molar-refractivity contribution < 1.29 is 19.5 Å². The number of aliphatic hydroxyl groups excluding tert-OH is 1. The van der Waals surface area contributed by atoms with Crippen LogP contribution in [0.5, 0.6) is 0 Å². The van der Waals surface area contributed by atoms with E-state index in [9.17, 15) is 19.5 Å². The Morgan fingerprint density at radius 3 is 2.58 bits per heavy atom. The van der Waals surface area contributed by atoms with Crippen LogP contribution in [0.4, 0.5) is 5.69 Å². The number of aryl methyl sites for hydroxylation is 1. The average molecular weight is 506 g/mol. The molecule has 4 rings (SSSR count).